The number of para-hydroxylation sites is 2. The molecule has 10 heteroatoms. The smallest absolute Gasteiger partial charge is 0.337 e. The summed E-state index contributed by atoms with van der Waals surface area (Å²) in [5.41, 5.74) is 0.696. The molecular weight excluding hydrogens is 410 g/mol. The van der Waals surface area contributed by atoms with Crippen LogP contribution in [-0.2, 0) is 14.3 Å². The Morgan fingerprint density at radius 3 is 2.57 bits per heavy atom. The summed E-state index contributed by atoms with van der Waals surface area (Å²) < 4.78 is 4.79. The Morgan fingerprint density at radius 1 is 1.23 bits per heavy atom. The van der Waals surface area contributed by atoms with Crippen LogP contribution in [0.2, 0.25) is 0 Å². The summed E-state index contributed by atoms with van der Waals surface area (Å²) in [5, 5.41) is 23.5. The zero-order valence-corrected chi connectivity index (χ0v) is 16.8. The summed E-state index contributed by atoms with van der Waals surface area (Å²) >= 11 is 1.17. The fourth-order valence-corrected chi connectivity index (χ4v) is 3.96. The summed E-state index contributed by atoms with van der Waals surface area (Å²) in [6.07, 6.45) is 0. The average molecular weight is 429 g/mol. The normalized spacial score (nSPS) is 13.5. The SMILES string of the molecule is COC(=O)C1=C(Nc2ccccc2Sc2ccccc2[N+](=O)[O-])C(=O)N(CCO)C1. The lowest BCUT2D eigenvalue weighted by Crippen LogP contribution is -2.31. The van der Waals surface area contributed by atoms with Gasteiger partial charge in [-0.25, -0.2) is 4.79 Å². The number of ether oxygens (including phenoxy) is 1. The molecule has 0 radical (unpaired) electrons. The number of anilines is 1. The number of hydrogen-bond acceptors (Lipinski definition) is 8. The Balaban J connectivity index is 1.95. The molecular formula is C20H19N3O6S. The van der Waals surface area contributed by atoms with E-state index < -0.39 is 16.8 Å². The number of methoxy groups -OCH3 is 1. The second-order valence-corrected chi connectivity index (χ2v) is 7.33. The maximum absolute atomic E-state index is 12.7. The molecule has 0 aliphatic carbocycles. The molecule has 0 bridgehead atoms. The molecule has 2 N–H and O–H groups in total. The van der Waals surface area contributed by atoms with Gasteiger partial charge in [-0.2, -0.15) is 0 Å². The molecule has 30 heavy (non-hydrogen) atoms. The minimum Gasteiger partial charge on any atom is -0.466 e. The number of nitrogens with zero attached hydrogens (tertiary/aromatic N) is 2. The van der Waals surface area contributed by atoms with Gasteiger partial charge in [0.1, 0.15) is 5.70 Å². The third kappa shape index (κ3) is 4.44. The molecule has 0 atom stereocenters. The number of nitrogens with one attached hydrogen (secondary N) is 1. The first-order valence-corrected chi connectivity index (χ1v) is 9.76. The van der Waals surface area contributed by atoms with Gasteiger partial charge in [0.05, 0.1) is 41.3 Å². The lowest BCUT2D eigenvalue weighted by Gasteiger charge is -2.16. The van der Waals surface area contributed by atoms with E-state index in [4.69, 9.17) is 4.74 Å². The molecule has 0 saturated carbocycles. The standard InChI is InChI=1S/C20H19N3O6S/c1-29-20(26)13-12-22(10-11-24)19(25)18(13)21-14-6-2-4-8-16(14)30-17-9-5-3-7-15(17)23(27)28/h2-9,21,24H,10-12H2,1H3. The Kier molecular flexibility index (Phi) is 6.70. The quantitative estimate of drug-likeness (QED) is 0.373. The second kappa shape index (κ2) is 9.42. The lowest BCUT2D eigenvalue weighted by molar-refractivity contribution is -0.387. The van der Waals surface area contributed by atoms with Crippen LogP contribution in [0.1, 0.15) is 0 Å². The number of nitro benzene ring substituents is 1. The van der Waals surface area contributed by atoms with Crippen molar-refractivity contribution in [2.24, 2.45) is 0 Å². The Hall–Kier alpha value is -3.37. The molecule has 1 aliphatic heterocycles. The molecule has 1 amide bonds. The fourth-order valence-electron chi connectivity index (χ4n) is 2.96. The van der Waals surface area contributed by atoms with Crippen LogP contribution in [0.4, 0.5) is 11.4 Å². The van der Waals surface area contributed by atoms with E-state index in [1.165, 1.54) is 29.8 Å². The maximum Gasteiger partial charge on any atom is 0.337 e. The van der Waals surface area contributed by atoms with Gasteiger partial charge < -0.3 is 20.1 Å². The minimum atomic E-state index is -0.643. The van der Waals surface area contributed by atoms with Gasteiger partial charge in [0, 0.05) is 17.5 Å². The first kappa shape index (κ1) is 21.3. The van der Waals surface area contributed by atoms with E-state index in [0.717, 1.165) is 0 Å². The number of rotatable bonds is 8. The molecule has 0 unspecified atom stereocenters. The van der Waals surface area contributed by atoms with Crippen LogP contribution in [0, 0.1) is 10.1 Å². The van der Waals surface area contributed by atoms with Crippen LogP contribution in [0.15, 0.2) is 69.6 Å². The average Bonchev–Trinajstić information content (AvgIpc) is 3.05. The number of aliphatic hydroxyl groups is 1. The van der Waals surface area contributed by atoms with Gasteiger partial charge in [-0.15, -0.1) is 0 Å². The highest BCUT2D eigenvalue weighted by atomic mass is 32.2. The summed E-state index contributed by atoms with van der Waals surface area (Å²) in [4.78, 5) is 38.2. The zero-order chi connectivity index (χ0) is 21.7. The Morgan fingerprint density at radius 2 is 1.90 bits per heavy atom. The predicted octanol–water partition coefficient (Wildman–Crippen LogP) is 2.42. The molecule has 156 valence electrons. The molecule has 2 aromatic rings. The summed E-state index contributed by atoms with van der Waals surface area (Å²) in [5.74, 6) is -1.08. The van der Waals surface area contributed by atoms with Gasteiger partial charge in [0.15, 0.2) is 0 Å². The molecule has 0 fully saturated rings. The van der Waals surface area contributed by atoms with Crippen molar-refractivity contribution in [3.63, 3.8) is 0 Å². The summed E-state index contributed by atoms with van der Waals surface area (Å²) in [7, 11) is 1.23. The number of amides is 1. The molecule has 1 aliphatic rings. The van der Waals surface area contributed by atoms with Gasteiger partial charge >= 0.3 is 5.97 Å². The first-order chi connectivity index (χ1) is 14.5. The zero-order valence-electron chi connectivity index (χ0n) is 16.0. The highest BCUT2D eigenvalue weighted by Gasteiger charge is 2.34. The van der Waals surface area contributed by atoms with Crippen molar-refractivity contribution in [2.75, 3.05) is 32.1 Å². The van der Waals surface area contributed by atoms with Crippen LogP contribution in [-0.4, -0.2) is 53.6 Å². The monoisotopic (exact) mass is 429 g/mol. The second-order valence-electron chi connectivity index (χ2n) is 6.24. The Bertz CT molecular complexity index is 1020. The van der Waals surface area contributed by atoms with Crippen molar-refractivity contribution in [2.45, 2.75) is 9.79 Å². The fraction of sp³-hybridized carbons (Fsp3) is 0.200. The van der Waals surface area contributed by atoms with Crippen LogP contribution < -0.4 is 5.32 Å². The van der Waals surface area contributed by atoms with E-state index in [1.54, 1.807) is 42.5 Å². The maximum atomic E-state index is 12.7. The van der Waals surface area contributed by atoms with E-state index >= 15 is 0 Å². The van der Waals surface area contributed by atoms with Crippen molar-refractivity contribution in [3.05, 3.63) is 69.9 Å². The van der Waals surface area contributed by atoms with E-state index in [0.29, 0.717) is 15.5 Å². The summed E-state index contributed by atoms with van der Waals surface area (Å²) in [6, 6.07) is 13.3. The van der Waals surface area contributed by atoms with E-state index in [1.807, 2.05) is 0 Å². The van der Waals surface area contributed by atoms with Crippen molar-refractivity contribution in [3.8, 4) is 0 Å². The highest BCUT2D eigenvalue weighted by molar-refractivity contribution is 7.99. The van der Waals surface area contributed by atoms with Crippen molar-refractivity contribution < 1.29 is 24.4 Å². The van der Waals surface area contributed by atoms with Gasteiger partial charge in [0.25, 0.3) is 11.6 Å². The Labute approximate surface area is 176 Å². The number of benzene rings is 2. The predicted molar refractivity (Wildman–Crippen MR) is 110 cm³/mol. The first-order valence-electron chi connectivity index (χ1n) is 8.95. The molecule has 0 saturated heterocycles. The van der Waals surface area contributed by atoms with Crippen LogP contribution in [0.5, 0.6) is 0 Å². The number of carbonyl (C=O) groups is 2. The van der Waals surface area contributed by atoms with E-state index in [2.05, 4.69) is 5.32 Å². The molecule has 3 rings (SSSR count). The van der Waals surface area contributed by atoms with Crippen molar-refractivity contribution in [1.82, 2.24) is 4.90 Å². The third-order valence-corrected chi connectivity index (χ3v) is 5.52. The van der Waals surface area contributed by atoms with Gasteiger partial charge in [-0.1, -0.05) is 36.0 Å². The van der Waals surface area contributed by atoms with Crippen molar-refractivity contribution in [1.29, 1.82) is 0 Å². The summed E-state index contributed by atoms with van der Waals surface area (Å²) in [6.45, 7) is -0.136. The topological polar surface area (TPSA) is 122 Å². The molecule has 0 aromatic heterocycles. The molecule has 1 heterocycles. The lowest BCUT2D eigenvalue weighted by atomic mass is 10.2. The van der Waals surface area contributed by atoms with E-state index in [9.17, 15) is 24.8 Å². The van der Waals surface area contributed by atoms with Crippen LogP contribution in [0.3, 0.4) is 0 Å². The van der Waals surface area contributed by atoms with Crippen LogP contribution in [0.25, 0.3) is 0 Å². The number of aliphatic hydroxyl groups excluding tert-OH is 1. The van der Waals surface area contributed by atoms with Gasteiger partial charge in [-0.05, 0) is 18.2 Å². The molecule has 2 aromatic carbocycles. The minimum absolute atomic E-state index is 0.0217. The van der Waals surface area contributed by atoms with Crippen LogP contribution >= 0.6 is 11.8 Å². The van der Waals surface area contributed by atoms with E-state index in [-0.39, 0.29) is 36.7 Å². The highest BCUT2D eigenvalue weighted by Crippen LogP contribution is 2.39. The number of carbonyl (C=O) groups excluding carboxylic acids is 2. The van der Waals surface area contributed by atoms with Gasteiger partial charge in [0.2, 0.25) is 0 Å². The number of β-amino-alcohol motifs (C(OH)–C–C–N with tert-alkyl or cyclic N) is 1. The molecule has 0 spiro atoms. The number of hydrogen-bond donors (Lipinski definition) is 2. The third-order valence-electron chi connectivity index (χ3n) is 4.38. The number of esters is 1. The molecule has 9 nitrogen and oxygen atoms in total. The largest absolute Gasteiger partial charge is 0.466 e. The van der Waals surface area contributed by atoms with Gasteiger partial charge in [-0.3, -0.25) is 14.9 Å². The number of nitro groups is 1. The van der Waals surface area contributed by atoms with Crippen molar-refractivity contribution >= 4 is 35.0 Å².